The normalized spacial score (nSPS) is 16.1. The van der Waals surface area contributed by atoms with Crippen LogP contribution in [-0.4, -0.2) is 43.0 Å². The molecule has 6 nitrogen and oxygen atoms in total. The summed E-state index contributed by atoms with van der Waals surface area (Å²) in [6.07, 6.45) is 3.74. The first-order chi connectivity index (χ1) is 14.4. The van der Waals surface area contributed by atoms with Gasteiger partial charge in [-0.05, 0) is 61.4 Å². The molecule has 1 N–H and O–H groups in total. The lowest BCUT2D eigenvalue weighted by Gasteiger charge is -2.29. The molecule has 1 aliphatic heterocycles. The zero-order valence-corrected chi connectivity index (χ0v) is 19.2. The number of amides is 1. The second-order valence-corrected chi connectivity index (χ2v) is 11.2. The fourth-order valence-electron chi connectivity index (χ4n) is 3.46. The van der Waals surface area contributed by atoms with Crippen molar-refractivity contribution < 1.29 is 13.2 Å². The quantitative estimate of drug-likeness (QED) is 0.558. The van der Waals surface area contributed by atoms with Gasteiger partial charge in [-0.25, -0.2) is 13.4 Å². The van der Waals surface area contributed by atoms with Crippen molar-refractivity contribution in [3.63, 3.8) is 0 Å². The Kier molecular flexibility index (Phi) is 6.15. The van der Waals surface area contributed by atoms with Gasteiger partial charge in [0.05, 0.1) is 15.1 Å². The summed E-state index contributed by atoms with van der Waals surface area (Å²) in [6.45, 7) is 3.23. The van der Waals surface area contributed by atoms with Crippen molar-refractivity contribution in [2.75, 3.05) is 24.7 Å². The van der Waals surface area contributed by atoms with E-state index < -0.39 is 10.0 Å². The SMILES string of the molecule is CSc1cccc2sc(NC(=O)c3ccc(S(=O)(=O)N4CCC(C)CC4)cc3)nc12. The fourth-order valence-corrected chi connectivity index (χ4v) is 6.45. The van der Waals surface area contributed by atoms with Gasteiger partial charge in [0.15, 0.2) is 5.13 Å². The average molecular weight is 462 g/mol. The molecule has 0 unspecified atom stereocenters. The van der Waals surface area contributed by atoms with Gasteiger partial charge in [-0.1, -0.05) is 24.3 Å². The number of benzene rings is 2. The lowest BCUT2D eigenvalue weighted by Crippen LogP contribution is -2.37. The van der Waals surface area contributed by atoms with Crippen molar-refractivity contribution in [2.45, 2.75) is 29.6 Å². The van der Waals surface area contributed by atoms with Crippen molar-refractivity contribution in [1.29, 1.82) is 0 Å². The first-order valence-electron chi connectivity index (χ1n) is 9.73. The van der Waals surface area contributed by atoms with E-state index in [1.807, 2.05) is 24.5 Å². The van der Waals surface area contributed by atoms with Gasteiger partial charge in [0.25, 0.3) is 5.91 Å². The number of nitrogens with zero attached hydrogens (tertiary/aromatic N) is 2. The molecule has 30 heavy (non-hydrogen) atoms. The van der Waals surface area contributed by atoms with Crippen molar-refractivity contribution in [3.05, 3.63) is 48.0 Å². The molecule has 1 fully saturated rings. The average Bonchev–Trinajstić information content (AvgIpc) is 3.16. The molecule has 1 amide bonds. The Hall–Kier alpha value is -1.94. The number of piperidine rings is 1. The topological polar surface area (TPSA) is 79.4 Å². The third kappa shape index (κ3) is 4.25. The molecule has 0 radical (unpaired) electrons. The predicted molar refractivity (Wildman–Crippen MR) is 123 cm³/mol. The van der Waals surface area contributed by atoms with Crippen LogP contribution in [0.1, 0.15) is 30.1 Å². The maximum atomic E-state index is 12.8. The highest BCUT2D eigenvalue weighted by Gasteiger charge is 2.28. The predicted octanol–water partition coefficient (Wildman–Crippen LogP) is 4.69. The van der Waals surface area contributed by atoms with Gasteiger partial charge in [-0.3, -0.25) is 10.1 Å². The number of thioether (sulfide) groups is 1. The Labute approximate surface area is 184 Å². The molecule has 158 valence electrons. The summed E-state index contributed by atoms with van der Waals surface area (Å²) in [6, 6.07) is 12.1. The van der Waals surface area contributed by atoms with E-state index in [1.165, 1.54) is 27.8 Å². The summed E-state index contributed by atoms with van der Waals surface area (Å²) in [5.74, 6) is 0.243. The van der Waals surface area contributed by atoms with Gasteiger partial charge in [0.1, 0.15) is 0 Å². The number of sulfonamides is 1. The fraction of sp³-hybridized carbons (Fsp3) is 0.333. The van der Waals surface area contributed by atoms with E-state index in [2.05, 4.69) is 17.2 Å². The van der Waals surface area contributed by atoms with Crippen molar-refractivity contribution in [2.24, 2.45) is 5.92 Å². The second-order valence-electron chi connectivity index (χ2n) is 7.39. The summed E-state index contributed by atoms with van der Waals surface area (Å²) < 4.78 is 28.2. The molecule has 1 aromatic heterocycles. The molecule has 0 saturated carbocycles. The maximum absolute atomic E-state index is 12.8. The van der Waals surface area contributed by atoms with E-state index in [4.69, 9.17) is 0 Å². The first kappa shape index (κ1) is 21.3. The number of aromatic nitrogens is 1. The van der Waals surface area contributed by atoms with Crippen LogP contribution in [0.5, 0.6) is 0 Å². The minimum Gasteiger partial charge on any atom is -0.298 e. The molecule has 0 aliphatic carbocycles. The van der Waals surface area contributed by atoms with E-state index in [9.17, 15) is 13.2 Å². The van der Waals surface area contributed by atoms with Crippen LogP contribution >= 0.6 is 23.1 Å². The van der Waals surface area contributed by atoms with Crippen LogP contribution in [0.15, 0.2) is 52.3 Å². The third-order valence-corrected chi connectivity index (χ3v) is 8.94. The summed E-state index contributed by atoms with van der Waals surface area (Å²) in [7, 11) is -3.52. The largest absolute Gasteiger partial charge is 0.298 e. The number of rotatable bonds is 5. The monoisotopic (exact) mass is 461 g/mol. The molecule has 0 atom stereocenters. The van der Waals surface area contributed by atoms with Crippen LogP contribution in [-0.2, 0) is 10.0 Å². The van der Waals surface area contributed by atoms with Crippen LogP contribution in [0.4, 0.5) is 5.13 Å². The van der Waals surface area contributed by atoms with Crippen molar-refractivity contribution in [3.8, 4) is 0 Å². The lowest BCUT2D eigenvalue weighted by molar-refractivity contribution is 0.102. The first-order valence-corrected chi connectivity index (χ1v) is 13.2. The summed E-state index contributed by atoms with van der Waals surface area (Å²) >= 11 is 3.03. The van der Waals surface area contributed by atoms with Gasteiger partial charge in [-0.2, -0.15) is 4.31 Å². The molecule has 2 aromatic carbocycles. The van der Waals surface area contributed by atoms with E-state index in [0.717, 1.165) is 28.0 Å². The zero-order chi connectivity index (χ0) is 21.3. The molecule has 9 heteroatoms. The summed E-state index contributed by atoms with van der Waals surface area (Å²) in [5.41, 5.74) is 1.27. The number of fused-ring (bicyclic) bond motifs is 1. The van der Waals surface area contributed by atoms with Crippen LogP contribution in [0.2, 0.25) is 0 Å². The van der Waals surface area contributed by atoms with Crippen LogP contribution in [0.25, 0.3) is 10.2 Å². The Morgan fingerprint density at radius 2 is 1.87 bits per heavy atom. The Bertz CT molecular complexity index is 1170. The van der Waals surface area contributed by atoms with Crippen LogP contribution < -0.4 is 5.32 Å². The summed E-state index contributed by atoms with van der Waals surface area (Å²) in [4.78, 5) is 18.5. The highest BCUT2D eigenvalue weighted by Crippen LogP contribution is 2.32. The van der Waals surface area contributed by atoms with E-state index in [1.54, 1.807) is 23.9 Å². The van der Waals surface area contributed by atoms with Gasteiger partial charge in [0.2, 0.25) is 10.0 Å². The standard InChI is InChI=1S/C21H23N3O3S3/c1-14-10-12-24(13-11-14)30(26,27)16-8-6-15(7-9-16)20(25)23-21-22-19-17(28-2)4-3-5-18(19)29-21/h3-9,14H,10-13H2,1-2H3,(H,22,23,25). The molecule has 1 aliphatic rings. The minimum absolute atomic E-state index is 0.221. The Balaban J connectivity index is 1.49. The number of nitrogens with one attached hydrogen (secondary N) is 1. The Morgan fingerprint density at radius 3 is 2.53 bits per heavy atom. The molecule has 2 heterocycles. The molecular formula is C21H23N3O3S3. The lowest BCUT2D eigenvalue weighted by atomic mass is 10.0. The number of carbonyl (C=O) groups is 1. The number of hydrogen-bond donors (Lipinski definition) is 1. The van der Waals surface area contributed by atoms with E-state index in [0.29, 0.717) is 29.7 Å². The molecule has 0 spiro atoms. The molecule has 3 aromatic rings. The highest BCUT2D eigenvalue weighted by atomic mass is 32.2. The van der Waals surface area contributed by atoms with E-state index in [-0.39, 0.29) is 10.8 Å². The second kappa shape index (κ2) is 8.66. The van der Waals surface area contributed by atoms with Gasteiger partial charge in [0, 0.05) is 23.5 Å². The van der Waals surface area contributed by atoms with Crippen molar-refractivity contribution in [1.82, 2.24) is 9.29 Å². The zero-order valence-electron chi connectivity index (χ0n) is 16.8. The van der Waals surface area contributed by atoms with Gasteiger partial charge in [-0.15, -0.1) is 11.8 Å². The highest BCUT2D eigenvalue weighted by molar-refractivity contribution is 7.98. The minimum atomic E-state index is -3.52. The molecular weight excluding hydrogens is 438 g/mol. The number of carbonyl (C=O) groups excluding carboxylic acids is 1. The van der Waals surface area contributed by atoms with Gasteiger partial charge < -0.3 is 0 Å². The van der Waals surface area contributed by atoms with Crippen LogP contribution in [0.3, 0.4) is 0 Å². The van der Waals surface area contributed by atoms with Gasteiger partial charge >= 0.3 is 0 Å². The summed E-state index contributed by atoms with van der Waals surface area (Å²) in [5, 5.41) is 3.35. The van der Waals surface area contributed by atoms with Crippen molar-refractivity contribution >= 4 is 54.4 Å². The molecule has 0 bridgehead atoms. The number of thiazole rings is 1. The Morgan fingerprint density at radius 1 is 1.17 bits per heavy atom. The van der Waals surface area contributed by atoms with E-state index >= 15 is 0 Å². The number of hydrogen-bond acceptors (Lipinski definition) is 6. The smallest absolute Gasteiger partial charge is 0.257 e. The third-order valence-electron chi connectivity index (χ3n) is 5.32. The maximum Gasteiger partial charge on any atom is 0.257 e. The number of para-hydroxylation sites is 1. The number of anilines is 1. The molecule has 1 saturated heterocycles. The van der Waals surface area contributed by atoms with Crippen LogP contribution in [0, 0.1) is 5.92 Å². The molecule has 4 rings (SSSR count).